The van der Waals surface area contributed by atoms with Crippen molar-refractivity contribution in [1.29, 1.82) is 0 Å². The van der Waals surface area contributed by atoms with Gasteiger partial charge in [0, 0.05) is 47.1 Å². The topological polar surface area (TPSA) is 117 Å². The minimum absolute atomic E-state index is 0.0124. The zero-order valence-electron chi connectivity index (χ0n) is 31.9. The molecule has 14 heteroatoms. The molecule has 3 saturated carbocycles. The van der Waals surface area contributed by atoms with Crippen molar-refractivity contribution in [1.82, 2.24) is 4.31 Å². The molecule has 9 atom stereocenters. The van der Waals surface area contributed by atoms with E-state index in [0.717, 1.165) is 48.8 Å². The third-order valence-electron chi connectivity index (χ3n) is 15.3. The smallest absolute Gasteiger partial charge is 0.416 e. The van der Waals surface area contributed by atoms with E-state index in [1.165, 1.54) is 16.4 Å². The van der Waals surface area contributed by atoms with E-state index in [9.17, 15) is 31.8 Å². The number of aliphatic hydroxyl groups excluding tert-OH is 1. The zero-order valence-corrected chi connectivity index (χ0v) is 34.2. The molecule has 2 aromatic heterocycles. The molecule has 3 heterocycles. The molecule has 0 radical (unpaired) electrons. The van der Waals surface area contributed by atoms with Crippen LogP contribution in [0.1, 0.15) is 87.8 Å². The predicted molar refractivity (Wildman–Crippen MR) is 209 cm³/mol. The number of ether oxygens (including phenoxy) is 1. The van der Waals surface area contributed by atoms with Crippen LogP contribution in [0.2, 0.25) is 5.02 Å². The number of rotatable bonds is 9. The maximum atomic E-state index is 15.1. The van der Waals surface area contributed by atoms with Crippen molar-refractivity contribution in [3.8, 4) is 11.3 Å². The quantitative estimate of drug-likeness (QED) is 0.163. The molecule has 3 aromatic rings. The van der Waals surface area contributed by atoms with E-state index >= 15 is 4.79 Å². The fourth-order valence-corrected chi connectivity index (χ4v) is 15.2. The molecule has 8 nitrogen and oxygen atoms in total. The van der Waals surface area contributed by atoms with Gasteiger partial charge in [0.05, 0.1) is 28.4 Å². The van der Waals surface area contributed by atoms with Crippen molar-refractivity contribution in [2.75, 3.05) is 19.7 Å². The number of allylic oxidation sites excluding steroid dienone is 4. The molecule has 2 spiro atoms. The highest BCUT2D eigenvalue weighted by Crippen LogP contribution is 2.78. The van der Waals surface area contributed by atoms with Crippen molar-refractivity contribution in [2.24, 2.45) is 33.5 Å². The number of carbonyl (C=O) groups excluding carboxylic acids is 1. The van der Waals surface area contributed by atoms with Gasteiger partial charge in [-0.05, 0) is 117 Å². The fourth-order valence-electron chi connectivity index (χ4n) is 12.3. The lowest BCUT2D eigenvalue weighted by Crippen LogP contribution is -2.67. The molecule has 306 valence electrons. The van der Waals surface area contributed by atoms with Crippen LogP contribution in [0.15, 0.2) is 80.3 Å². The third kappa shape index (κ3) is 5.80. The number of hydrogen-bond acceptors (Lipinski definition) is 8. The Balaban J connectivity index is 1.12. The number of aliphatic hydroxyl groups is 2. The van der Waals surface area contributed by atoms with Crippen LogP contribution in [0.4, 0.5) is 13.2 Å². The number of carbonyl (C=O) groups is 1. The summed E-state index contributed by atoms with van der Waals surface area (Å²) in [5, 5.41) is 25.9. The Kier molecular flexibility index (Phi) is 9.30. The molecule has 4 fully saturated rings. The van der Waals surface area contributed by atoms with E-state index < -0.39 is 55.5 Å². The largest absolute Gasteiger partial charge is 0.453 e. The van der Waals surface area contributed by atoms with Crippen molar-refractivity contribution in [3.05, 3.63) is 88.0 Å². The standard InChI is InChI=1S/C43H47ClF3NO7S2/c1-38-14-11-27(49)22-40(38)17-18-42(30(23-40)37(50)33-10-9-32(55-33)29-21-26(43(45,46)47)7-8-31(29)44)34(38)12-15-39(2)35(42)13-16-41(39,51)25-48(24-28-5-3-19-54-28)57(52,53)36-6-4-20-56-36/h4,6-10,17-18,20-21,23,27-28,34-35,49,51H,3,5,11-16,19,22,24-25H2,1-2H3. The first-order valence-electron chi connectivity index (χ1n) is 19.9. The van der Waals surface area contributed by atoms with Gasteiger partial charge in [0.15, 0.2) is 5.76 Å². The van der Waals surface area contributed by atoms with E-state index in [2.05, 4.69) is 26.0 Å². The molecule has 2 bridgehead atoms. The number of alkyl halides is 3. The van der Waals surface area contributed by atoms with Gasteiger partial charge in [-0.3, -0.25) is 4.79 Å². The maximum Gasteiger partial charge on any atom is 0.416 e. The van der Waals surface area contributed by atoms with Gasteiger partial charge in [-0.2, -0.15) is 17.5 Å². The van der Waals surface area contributed by atoms with Gasteiger partial charge >= 0.3 is 6.18 Å². The molecule has 1 saturated heterocycles. The van der Waals surface area contributed by atoms with Gasteiger partial charge in [-0.25, -0.2) is 8.42 Å². The number of ketones is 1. The molecular formula is C43H47ClF3NO7S2. The minimum atomic E-state index is -4.61. The fraction of sp³-hybridized carbons (Fsp3) is 0.558. The van der Waals surface area contributed by atoms with Crippen LogP contribution in [0.3, 0.4) is 0 Å². The minimum Gasteiger partial charge on any atom is -0.453 e. The monoisotopic (exact) mass is 845 g/mol. The number of furan rings is 1. The summed E-state index contributed by atoms with van der Waals surface area (Å²) >= 11 is 7.52. The summed E-state index contributed by atoms with van der Waals surface area (Å²) in [6, 6.07) is 9.20. The Morgan fingerprint density at radius 3 is 2.49 bits per heavy atom. The number of hydrogen-bond donors (Lipinski definition) is 2. The molecule has 6 aliphatic carbocycles. The second kappa shape index (κ2) is 13.4. The first-order valence-corrected chi connectivity index (χ1v) is 22.6. The Bertz CT molecular complexity index is 2270. The highest BCUT2D eigenvalue weighted by Gasteiger charge is 2.75. The Labute approximate surface area is 339 Å². The number of nitrogens with zero attached hydrogens (tertiary/aromatic N) is 1. The molecule has 2 N–H and O–H groups in total. The van der Waals surface area contributed by atoms with Crippen LogP contribution in [0, 0.1) is 33.5 Å². The molecular weight excluding hydrogens is 799 g/mol. The highest BCUT2D eigenvalue weighted by molar-refractivity contribution is 7.91. The van der Waals surface area contributed by atoms with E-state index in [-0.39, 0.29) is 62.8 Å². The average Bonchev–Trinajstić information content (AvgIpc) is 4.00. The van der Waals surface area contributed by atoms with Crippen LogP contribution in [0.25, 0.3) is 11.3 Å². The van der Waals surface area contributed by atoms with Crippen LogP contribution in [-0.4, -0.2) is 66.2 Å². The lowest BCUT2D eigenvalue weighted by molar-refractivity contribution is -0.174. The van der Waals surface area contributed by atoms with Crippen molar-refractivity contribution in [3.63, 3.8) is 0 Å². The molecule has 9 unspecified atom stereocenters. The van der Waals surface area contributed by atoms with Gasteiger partial charge in [0.2, 0.25) is 5.78 Å². The molecule has 0 amide bonds. The summed E-state index contributed by atoms with van der Waals surface area (Å²) in [4.78, 5) is 15.1. The molecule has 7 aliphatic rings. The van der Waals surface area contributed by atoms with Crippen LogP contribution >= 0.6 is 22.9 Å². The number of benzene rings is 1. The Morgan fingerprint density at radius 1 is 1.02 bits per heavy atom. The van der Waals surface area contributed by atoms with E-state index in [1.807, 2.05) is 6.08 Å². The first-order chi connectivity index (χ1) is 26.9. The number of sulfonamides is 1. The van der Waals surface area contributed by atoms with Gasteiger partial charge in [-0.15, -0.1) is 11.3 Å². The number of Topliss-reactive ketones (excluding diaryl/α,β-unsaturated/α-hetero) is 1. The second-order valence-electron chi connectivity index (χ2n) is 17.9. The number of halogens is 4. The van der Waals surface area contributed by atoms with Crippen molar-refractivity contribution >= 4 is 38.7 Å². The van der Waals surface area contributed by atoms with Crippen molar-refractivity contribution in [2.45, 2.75) is 99.8 Å². The summed E-state index contributed by atoms with van der Waals surface area (Å²) in [6.45, 7) is 4.88. The van der Waals surface area contributed by atoms with E-state index in [4.69, 9.17) is 20.8 Å². The SMILES string of the molecule is CC12CCC(O)CC13C=CC1(C(C(=O)c4ccc(-c5cc(C(F)(F)F)ccc5Cl)o4)=C3)C2CCC2(C)C1CCC2(O)CN(CC1CCCO1)S(=O)(=O)c1cccs1. The van der Waals surface area contributed by atoms with Gasteiger partial charge < -0.3 is 19.4 Å². The number of fused-ring (bicyclic) bond motifs is 1. The van der Waals surface area contributed by atoms with E-state index in [0.29, 0.717) is 50.7 Å². The summed E-state index contributed by atoms with van der Waals surface area (Å²) < 4.78 is 83.2. The Morgan fingerprint density at radius 2 is 1.77 bits per heavy atom. The van der Waals surface area contributed by atoms with Crippen LogP contribution in [-0.2, 0) is 20.9 Å². The van der Waals surface area contributed by atoms with Gasteiger partial charge in [-0.1, -0.05) is 49.7 Å². The molecule has 1 aromatic carbocycles. The molecule has 1 aliphatic heterocycles. The van der Waals surface area contributed by atoms with Crippen LogP contribution in [0.5, 0.6) is 0 Å². The summed E-state index contributed by atoms with van der Waals surface area (Å²) in [5.74, 6) is -0.738. The summed E-state index contributed by atoms with van der Waals surface area (Å²) in [7, 11) is -3.97. The normalized spacial score (nSPS) is 37.2. The van der Waals surface area contributed by atoms with Crippen LogP contribution < -0.4 is 0 Å². The molecule has 57 heavy (non-hydrogen) atoms. The summed E-state index contributed by atoms with van der Waals surface area (Å²) in [5.41, 5.74) is -4.48. The van der Waals surface area contributed by atoms with Gasteiger partial charge in [0.25, 0.3) is 10.0 Å². The third-order valence-corrected chi connectivity index (χ3v) is 18.8. The Hall–Kier alpha value is -2.78. The predicted octanol–water partition coefficient (Wildman–Crippen LogP) is 9.32. The summed E-state index contributed by atoms with van der Waals surface area (Å²) in [6.07, 6.45) is 6.37. The highest BCUT2D eigenvalue weighted by atomic mass is 35.5. The average molecular weight is 846 g/mol. The van der Waals surface area contributed by atoms with Crippen molar-refractivity contribution < 1.29 is 45.8 Å². The number of thiophene rings is 1. The second-order valence-corrected chi connectivity index (χ2v) is 21.4. The lowest BCUT2D eigenvalue weighted by Gasteiger charge is -2.71. The molecule has 10 rings (SSSR count). The first kappa shape index (κ1) is 39.7. The van der Waals surface area contributed by atoms with E-state index in [1.54, 1.807) is 17.5 Å². The maximum absolute atomic E-state index is 15.1. The zero-order chi connectivity index (χ0) is 40.4. The van der Waals surface area contributed by atoms with Gasteiger partial charge in [0.1, 0.15) is 9.97 Å². The lowest BCUT2D eigenvalue weighted by atomic mass is 9.32.